The number of fused-ring (bicyclic) bond motifs is 1. The summed E-state index contributed by atoms with van der Waals surface area (Å²) in [6.45, 7) is 6.31. The molecule has 2 heterocycles. The molecule has 1 N–H and O–H groups in total. The average Bonchev–Trinajstić information content (AvgIpc) is 3.17. The molecule has 0 fully saturated rings. The molecule has 4 nitrogen and oxygen atoms in total. The minimum Gasteiger partial charge on any atom is -0.337 e. The fourth-order valence-corrected chi connectivity index (χ4v) is 3.12. The number of nitrogens with one attached hydrogen (secondary N) is 1. The molecule has 2 aromatic heterocycles. The molecule has 4 rings (SSSR count). The second-order valence-electron chi connectivity index (χ2n) is 7.70. The Balaban J connectivity index is 0.00000225. The number of benzene rings is 2. The second-order valence-corrected chi connectivity index (χ2v) is 7.70. The largest absolute Gasteiger partial charge is 0.337 e. The third kappa shape index (κ3) is 3.40. The summed E-state index contributed by atoms with van der Waals surface area (Å²) in [6, 6.07) is 11.0. The number of hydrogen-bond donors (Lipinski definition) is 1. The van der Waals surface area contributed by atoms with Gasteiger partial charge in [0.25, 0.3) is 0 Å². The molecular formula is C21H21ClF2N4. The lowest BCUT2D eigenvalue weighted by Gasteiger charge is -2.13. The van der Waals surface area contributed by atoms with Crippen molar-refractivity contribution < 1.29 is 8.78 Å². The minimum atomic E-state index is -0.587. The standard InChI is InChI=1S/C21H20F2N4.ClH/c1-21(2,3)18-11-17(27(4)26-18)20-24-15-9-8-12(10-16(15)25-20)19-13(22)6-5-7-14(19)23;/h5-11H,1-4H3,(H,24,25);1H. The Bertz CT molecular complexity index is 1130. The van der Waals surface area contributed by atoms with Crippen molar-refractivity contribution in [3.8, 4) is 22.6 Å². The molecule has 0 radical (unpaired) electrons. The molecule has 0 amide bonds. The predicted octanol–water partition coefficient (Wildman–Crippen LogP) is 5.63. The summed E-state index contributed by atoms with van der Waals surface area (Å²) in [6.07, 6.45) is 0. The number of imidazole rings is 1. The number of aryl methyl sites for hydroxylation is 1. The summed E-state index contributed by atoms with van der Waals surface area (Å²) in [5.74, 6) is -0.507. The van der Waals surface area contributed by atoms with Gasteiger partial charge in [0.05, 0.1) is 22.3 Å². The third-order valence-electron chi connectivity index (χ3n) is 4.62. The Labute approximate surface area is 168 Å². The van der Waals surface area contributed by atoms with Gasteiger partial charge in [-0.2, -0.15) is 5.10 Å². The van der Waals surface area contributed by atoms with Gasteiger partial charge in [0.1, 0.15) is 17.3 Å². The first-order valence-electron chi connectivity index (χ1n) is 8.73. The van der Waals surface area contributed by atoms with Crippen molar-refractivity contribution in [3.63, 3.8) is 0 Å². The van der Waals surface area contributed by atoms with Crippen LogP contribution in [-0.4, -0.2) is 19.7 Å². The van der Waals surface area contributed by atoms with E-state index >= 15 is 0 Å². The zero-order chi connectivity index (χ0) is 19.3. The van der Waals surface area contributed by atoms with Gasteiger partial charge in [-0.1, -0.05) is 32.9 Å². The monoisotopic (exact) mass is 402 g/mol. The van der Waals surface area contributed by atoms with Crippen molar-refractivity contribution in [2.75, 3.05) is 0 Å². The Morgan fingerprint density at radius 3 is 2.29 bits per heavy atom. The molecule has 28 heavy (non-hydrogen) atoms. The first-order chi connectivity index (χ1) is 12.7. The molecule has 0 unspecified atom stereocenters. The fraction of sp³-hybridized carbons (Fsp3) is 0.238. The van der Waals surface area contributed by atoms with Gasteiger partial charge in [-0.25, -0.2) is 13.8 Å². The predicted molar refractivity (Wildman–Crippen MR) is 110 cm³/mol. The van der Waals surface area contributed by atoms with Crippen molar-refractivity contribution in [2.45, 2.75) is 26.2 Å². The minimum absolute atomic E-state index is 0. The second kappa shape index (κ2) is 7.02. The lowest BCUT2D eigenvalue weighted by molar-refractivity contribution is 0.553. The van der Waals surface area contributed by atoms with Gasteiger partial charge in [0.2, 0.25) is 0 Å². The lowest BCUT2D eigenvalue weighted by atomic mass is 9.92. The van der Waals surface area contributed by atoms with Gasteiger partial charge in [-0.3, -0.25) is 4.68 Å². The molecule has 0 aliphatic rings. The molecule has 146 valence electrons. The average molecular weight is 403 g/mol. The first-order valence-corrected chi connectivity index (χ1v) is 8.73. The van der Waals surface area contributed by atoms with Crippen LogP contribution < -0.4 is 0 Å². The molecule has 2 aromatic carbocycles. The third-order valence-corrected chi connectivity index (χ3v) is 4.62. The van der Waals surface area contributed by atoms with Gasteiger partial charge in [0, 0.05) is 12.5 Å². The molecule has 0 saturated heterocycles. The van der Waals surface area contributed by atoms with E-state index in [-0.39, 0.29) is 23.4 Å². The van der Waals surface area contributed by atoms with Crippen LogP contribution >= 0.6 is 12.4 Å². The highest BCUT2D eigenvalue weighted by atomic mass is 35.5. The Morgan fingerprint density at radius 2 is 1.68 bits per heavy atom. The van der Waals surface area contributed by atoms with E-state index in [1.54, 1.807) is 22.9 Å². The molecule has 0 saturated carbocycles. The van der Waals surface area contributed by atoms with Crippen molar-refractivity contribution in [3.05, 3.63) is 59.8 Å². The van der Waals surface area contributed by atoms with E-state index in [0.29, 0.717) is 16.9 Å². The van der Waals surface area contributed by atoms with E-state index in [1.165, 1.54) is 18.2 Å². The van der Waals surface area contributed by atoms with Crippen molar-refractivity contribution in [2.24, 2.45) is 7.05 Å². The lowest BCUT2D eigenvalue weighted by Crippen LogP contribution is -2.12. The van der Waals surface area contributed by atoms with Crippen molar-refractivity contribution >= 4 is 23.4 Å². The molecule has 0 aliphatic carbocycles. The smallest absolute Gasteiger partial charge is 0.156 e. The molecule has 7 heteroatoms. The van der Waals surface area contributed by atoms with Gasteiger partial charge in [-0.05, 0) is 35.9 Å². The van der Waals surface area contributed by atoms with E-state index in [2.05, 4.69) is 35.8 Å². The number of aromatic nitrogens is 4. The summed E-state index contributed by atoms with van der Waals surface area (Å²) in [5, 5.41) is 4.57. The van der Waals surface area contributed by atoms with Crippen molar-refractivity contribution in [1.82, 2.24) is 19.7 Å². The van der Waals surface area contributed by atoms with Crippen LogP contribution in [-0.2, 0) is 12.5 Å². The molecule has 4 aromatic rings. The van der Waals surface area contributed by atoms with E-state index < -0.39 is 11.6 Å². The number of H-pyrrole nitrogens is 1. The van der Waals surface area contributed by atoms with Crippen LogP contribution in [0.4, 0.5) is 8.78 Å². The summed E-state index contributed by atoms with van der Waals surface area (Å²) in [5.41, 5.74) is 3.62. The topological polar surface area (TPSA) is 46.5 Å². The zero-order valence-electron chi connectivity index (χ0n) is 16.0. The van der Waals surface area contributed by atoms with E-state index in [1.807, 2.05) is 13.1 Å². The summed E-state index contributed by atoms with van der Waals surface area (Å²) in [4.78, 5) is 7.86. The maximum atomic E-state index is 14.1. The molecule has 0 bridgehead atoms. The van der Waals surface area contributed by atoms with Crippen LogP contribution in [0.3, 0.4) is 0 Å². The van der Waals surface area contributed by atoms with Crippen LogP contribution in [0, 0.1) is 11.6 Å². The molecular weight excluding hydrogens is 382 g/mol. The van der Waals surface area contributed by atoms with Crippen LogP contribution in [0.15, 0.2) is 42.5 Å². The Hall–Kier alpha value is -2.73. The summed E-state index contributed by atoms with van der Waals surface area (Å²) >= 11 is 0. The fourth-order valence-electron chi connectivity index (χ4n) is 3.12. The number of rotatable bonds is 2. The van der Waals surface area contributed by atoms with E-state index in [0.717, 1.165) is 16.9 Å². The maximum absolute atomic E-state index is 14.1. The van der Waals surface area contributed by atoms with Gasteiger partial charge in [0.15, 0.2) is 5.82 Å². The van der Waals surface area contributed by atoms with Crippen LogP contribution in [0.1, 0.15) is 26.5 Å². The number of nitrogens with zero attached hydrogens (tertiary/aromatic N) is 3. The normalized spacial score (nSPS) is 11.6. The van der Waals surface area contributed by atoms with Crippen LogP contribution in [0.25, 0.3) is 33.7 Å². The molecule has 0 aliphatic heterocycles. The van der Waals surface area contributed by atoms with Gasteiger partial charge >= 0.3 is 0 Å². The van der Waals surface area contributed by atoms with E-state index in [4.69, 9.17) is 0 Å². The van der Waals surface area contributed by atoms with Gasteiger partial charge < -0.3 is 4.98 Å². The quantitative estimate of drug-likeness (QED) is 0.472. The number of hydrogen-bond acceptors (Lipinski definition) is 2. The number of aromatic amines is 1. The highest BCUT2D eigenvalue weighted by molar-refractivity contribution is 5.85. The zero-order valence-corrected chi connectivity index (χ0v) is 16.9. The van der Waals surface area contributed by atoms with Crippen molar-refractivity contribution in [1.29, 1.82) is 0 Å². The highest BCUT2D eigenvalue weighted by Crippen LogP contribution is 2.30. The first kappa shape index (κ1) is 20.0. The maximum Gasteiger partial charge on any atom is 0.156 e. The SMILES string of the molecule is Cl.Cn1nc(C(C)(C)C)cc1-c1nc2ccc(-c3c(F)cccc3F)cc2[nH]1. The molecule has 0 spiro atoms. The van der Waals surface area contributed by atoms with Gasteiger partial charge in [-0.15, -0.1) is 12.4 Å². The van der Waals surface area contributed by atoms with E-state index in [9.17, 15) is 8.78 Å². The Morgan fingerprint density at radius 1 is 1.00 bits per heavy atom. The summed E-state index contributed by atoms with van der Waals surface area (Å²) in [7, 11) is 1.87. The molecule has 0 atom stereocenters. The Kier molecular flexibility index (Phi) is 5.02. The number of halogens is 3. The van der Waals surface area contributed by atoms with Crippen LogP contribution in [0.2, 0.25) is 0 Å². The highest BCUT2D eigenvalue weighted by Gasteiger charge is 2.21. The summed E-state index contributed by atoms with van der Waals surface area (Å²) < 4.78 is 30.0. The van der Waals surface area contributed by atoms with Crippen LogP contribution in [0.5, 0.6) is 0 Å².